The van der Waals surface area contributed by atoms with Gasteiger partial charge in [0.2, 0.25) is 5.91 Å². The van der Waals surface area contributed by atoms with Crippen molar-refractivity contribution in [3.05, 3.63) is 10.7 Å². The Kier molecular flexibility index (Phi) is 4.22. The number of nitrogens with zero attached hydrogens (tertiary/aromatic N) is 1. The lowest BCUT2D eigenvalue weighted by Gasteiger charge is -2.58. The minimum atomic E-state index is -0.0409. The zero-order valence-electron chi connectivity index (χ0n) is 16.3. The van der Waals surface area contributed by atoms with Crippen molar-refractivity contribution < 1.29 is 14.3 Å². The molecule has 6 atom stereocenters. The van der Waals surface area contributed by atoms with Gasteiger partial charge >= 0.3 is 5.97 Å². The molecule has 1 amide bonds. The average molecular weight is 380 g/mol. The van der Waals surface area contributed by atoms with Gasteiger partial charge in [0.05, 0.1) is 13.0 Å². The van der Waals surface area contributed by atoms with Crippen molar-refractivity contribution in [2.24, 2.45) is 34.5 Å². The predicted octanol–water partition coefficient (Wildman–Crippen LogP) is 4.33. The van der Waals surface area contributed by atoms with Crippen LogP contribution in [-0.4, -0.2) is 30.9 Å². The number of allylic oxidation sites excluding steroid dienone is 2. The van der Waals surface area contributed by atoms with Gasteiger partial charge in [0.25, 0.3) is 0 Å². The highest BCUT2D eigenvalue weighted by Gasteiger charge is 2.61. The number of piperidine rings is 1. The van der Waals surface area contributed by atoms with Crippen LogP contribution in [0.5, 0.6) is 0 Å². The van der Waals surface area contributed by atoms with Crippen molar-refractivity contribution in [3.8, 4) is 0 Å². The second kappa shape index (κ2) is 5.98. The molecule has 3 fully saturated rings. The third-order valence-electron chi connectivity index (χ3n) is 8.52. The molecular formula is C21H30ClNO3. The molecule has 4 aliphatic rings. The number of amides is 1. The van der Waals surface area contributed by atoms with Gasteiger partial charge in [-0.1, -0.05) is 25.4 Å². The molecule has 0 radical (unpaired) electrons. The van der Waals surface area contributed by atoms with Crippen molar-refractivity contribution in [3.63, 3.8) is 0 Å². The van der Waals surface area contributed by atoms with Crippen molar-refractivity contribution >= 4 is 23.5 Å². The third kappa shape index (κ3) is 2.26. The van der Waals surface area contributed by atoms with Crippen molar-refractivity contribution in [2.75, 3.05) is 14.2 Å². The highest BCUT2D eigenvalue weighted by Crippen LogP contribution is 2.67. The molecule has 4 nitrogen and oxygen atoms in total. The van der Waals surface area contributed by atoms with Gasteiger partial charge in [0.1, 0.15) is 0 Å². The number of hydrogen-bond acceptors (Lipinski definition) is 3. The van der Waals surface area contributed by atoms with Gasteiger partial charge in [-0.25, -0.2) is 0 Å². The predicted molar refractivity (Wildman–Crippen MR) is 100 cm³/mol. The SMILES string of the molecule is COC(=O)[C@H]1CCC2C3CC(Cl)=C4N(C)C(=O)CC[C@]4(C)C3CCC21C. The Hall–Kier alpha value is -1.03. The highest BCUT2D eigenvalue weighted by molar-refractivity contribution is 6.30. The van der Waals surface area contributed by atoms with Gasteiger partial charge in [-0.15, -0.1) is 0 Å². The second-order valence-corrected chi connectivity index (χ2v) is 9.86. The largest absolute Gasteiger partial charge is 0.469 e. The summed E-state index contributed by atoms with van der Waals surface area (Å²) in [6, 6.07) is 0. The zero-order valence-corrected chi connectivity index (χ0v) is 17.1. The van der Waals surface area contributed by atoms with E-state index >= 15 is 0 Å². The third-order valence-corrected chi connectivity index (χ3v) is 8.86. The number of rotatable bonds is 1. The Morgan fingerprint density at radius 3 is 2.62 bits per heavy atom. The molecule has 2 saturated carbocycles. The van der Waals surface area contributed by atoms with Gasteiger partial charge in [0, 0.05) is 29.6 Å². The number of fused-ring (bicyclic) bond motifs is 5. The van der Waals surface area contributed by atoms with Crippen LogP contribution in [0.4, 0.5) is 0 Å². The van der Waals surface area contributed by atoms with Gasteiger partial charge in [0.15, 0.2) is 0 Å². The quantitative estimate of drug-likeness (QED) is 0.637. The van der Waals surface area contributed by atoms with Crippen LogP contribution in [0.15, 0.2) is 10.7 Å². The number of ether oxygens (including phenoxy) is 1. The molecule has 1 aliphatic heterocycles. The molecule has 0 spiro atoms. The summed E-state index contributed by atoms with van der Waals surface area (Å²) >= 11 is 6.82. The number of carbonyl (C=O) groups is 2. The molecule has 0 aromatic carbocycles. The van der Waals surface area contributed by atoms with Crippen LogP contribution in [0.1, 0.15) is 58.8 Å². The van der Waals surface area contributed by atoms with Crippen LogP contribution in [0.2, 0.25) is 0 Å². The second-order valence-electron chi connectivity index (χ2n) is 9.40. The van der Waals surface area contributed by atoms with E-state index in [9.17, 15) is 9.59 Å². The molecule has 1 heterocycles. The standard InChI is InChI=1S/C21H30ClNO3/c1-20-9-7-14-12(13(20)5-6-15(20)19(25)26-4)11-16(22)18-21(14,2)10-8-17(24)23(18)3/h12-15H,5-11H2,1-4H3/t12?,13?,14?,15-,20?,21-/m1/s1. The minimum Gasteiger partial charge on any atom is -0.469 e. The molecular weight excluding hydrogens is 350 g/mol. The van der Waals surface area contributed by atoms with Crippen LogP contribution in [0, 0.1) is 34.5 Å². The van der Waals surface area contributed by atoms with Crippen molar-refractivity contribution in [1.29, 1.82) is 0 Å². The summed E-state index contributed by atoms with van der Waals surface area (Å²) in [5, 5.41) is 0.870. The summed E-state index contributed by atoms with van der Waals surface area (Å²) < 4.78 is 5.12. The fourth-order valence-corrected chi connectivity index (χ4v) is 7.73. The minimum absolute atomic E-state index is 0.0195. The number of carbonyl (C=O) groups excluding carboxylic acids is 2. The molecule has 4 unspecified atom stereocenters. The first kappa shape index (κ1) is 18.3. The Balaban J connectivity index is 1.72. The lowest BCUT2D eigenvalue weighted by molar-refractivity contribution is -0.153. The smallest absolute Gasteiger partial charge is 0.309 e. The molecule has 0 aromatic rings. The van der Waals surface area contributed by atoms with E-state index in [-0.39, 0.29) is 28.6 Å². The lowest BCUT2D eigenvalue weighted by Crippen LogP contribution is -2.54. The molecule has 26 heavy (non-hydrogen) atoms. The number of halogens is 1. The Labute approximate surface area is 161 Å². The van der Waals surface area contributed by atoms with E-state index in [1.54, 1.807) is 0 Å². The van der Waals surface area contributed by atoms with Crippen LogP contribution in [0.3, 0.4) is 0 Å². The Morgan fingerprint density at radius 1 is 1.19 bits per heavy atom. The number of likely N-dealkylation sites (tertiary alicyclic amines) is 1. The molecule has 0 aromatic heterocycles. The van der Waals surface area contributed by atoms with Gasteiger partial charge in [-0.3, -0.25) is 9.59 Å². The van der Waals surface area contributed by atoms with Crippen LogP contribution in [-0.2, 0) is 14.3 Å². The number of methoxy groups -OCH3 is 1. The zero-order chi connectivity index (χ0) is 18.9. The van der Waals surface area contributed by atoms with E-state index in [2.05, 4.69) is 13.8 Å². The average Bonchev–Trinajstić information content (AvgIpc) is 2.95. The summed E-state index contributed by atoms with van der Waals surface area (Å²) in [6.45, 7) is 4.62. The Bertz CT molecular complexity index is 689. The van der Waals surface area contributed by atoms with E-state index < -0.39 is 0 Å². The van der Waals surface area contributed by atoms with Gasteiger partial charge in [-0.05, 0) is 61.7 Å². The first-order valence-electron chi connectivity index (χ1n) is 9.97. The van der Waals surface area contributed by atoms with E-state index in [0.717, 1.165) is 49.3 Å². The number of esters is 1. The fraction of sp³-hybridized carbons (Fsp3) is 0.810. The highest BCUT2D eigenvalue weighted by atomic mass is 35.5. The summed E-state index contributed by atoms with van der Waals surface area (Å²) in [5.74, 6) is 1.73. The van der Waals surface area contributed by atoms with Gasteiger partial charge in [-0.2, -0.15) is 0 Å². The summed E-state index contributed by atoms with van der Waals surface area (Å²) in [4.78, 5) is 26.5. The van der Waals surface area contributed by atoms with Crippen molar-refractivity contribution in [2.45, 2.75) is 58.8 Å². The van der Waals surface area contributed by atoms with E-state index in [1.807, 2.05) is 11.9 Å². The van der Waals surface area contributed by atoms with Crippen LogP contribution >= 0.6 is 11.6 Å². The van der Waals surface area contributed by atoms with E-state index in [1.165, 1.54) is 7.11 Å². The normalized spacial score (nSPS) is 45.1. The monoisotopic (exact) mass is 379 g/mol. The van der Waals surface area contributed by atoms with Crippen molar-refractivity contribution in [1.82, 2.24) is 4.90 Å². The molecule has 0 bridgehead atoms. The summed E-state index contributed by atoms with van der Waals surface area (Å²) in [6.07, 6.45) is 6.54. The first-order valence-corrected chi connectivity index (χ1v) is 10.4. The maximum atomic E-state index is 12.4. The fourth-order valence-electron chi connectivity index (χ4n) is 7.21. The van der Waals surface area contributed by atoms with Crippen LogP contribution in [0.25, 0.3) is 0 Å². The molecule has 144 valence electrons. The summed E-state index contributed by atoms with van der Waals surface area (Å²) in [7, 11) is 3.39. The maximum Gasteiger partial charge on any atom is 0.309 e. The molecule has 5 heteroatoms. The Morgan fingerprint density at radius 2 is 1.92 bits per heavy atom. The molecule has 1 saturated heterocycles. The molecule has 0 N–H and O–H groups in total. The topological polar surface area (TPSA) is 46.6 Å². The van der Waals surface area contributed by atoms with E-state index in [0.29, 0.717) is 24.2 Å². The van der Waals surface area contributed by atoms with Gasteiger partial charge < -0.3 is 9.64 Å². The number of hydrogen-bond donors (Lipinski definition) is 0. The maximum absolute atomic E-state index is 12.4. The van der Waals surface area contributed by atoms with Crippen LogP contribution < -0.4 is 0 Å². The first-order chi connectivity index (χ1) is 12.2. The van der Waals surface area contributed by atoms with E-state index in [4.69, 9.17) is 16.3 Å². The molecule has 3 aliphatic carbocycles. The lowest BCUT2D eigenvalue weighted by atomic mass is 9.49. The molecule has 4 rings (SSSR count). The summed E-state index contributed by atoms with van der Waals surface area (Å²) in [5.41, 5.74) is 1.08.